The molecule has 2 aromatic heterocycles. The van der Waals surface area contributed by atoms with Crippen LogP contribution in [0.5, 0.6) is 0 Å². The number of methoxy groups -OCH3 is 1. The average Bonchev–Trinajstić information content (AvgIpc) is 3.32. The molecule has 1 N–H and O–H groups in total. The second kappa shape index (κ2) is 9.65. The van der Waals surface area contributed by atoms with E-state index in [0.717, 1.165) is 81.5 Å². The van der Waals surface area contributed by atoms with Gasteiger partial charge in [-0.2, -0.15) is 10.2 Å². The van der Waals surface area contributed by atoms with E-state index < -0.39 is 0 Å². The zero-order valence-electron chi connectivity index (χ0n) is 22.1. The zero-order valence-corrected chi connectivity index (χ0v) is 22.1. The molecule has 6 rings (SSSR count). The minimum atomic E-state index is -0.0745. The molecule has 9 nitrogen and oxygen atoms in total. The molecular weight excluding hydrogens is 454 g/mol. The van der Waals surface area contributed by atoms with Crippen molar-refractivity contribution in [1.82, 2.24) is 29.9 Å². The van der Waals surface area contributed by atoms with Crippen molar-refractivity contribution in [2.75, 3.05) is 38.7 Å². The summed E-state index contributed by atoms with van der Waals surface area (Å²) in [5.41, 5.74) is 1.20. The first kappa shape index (κ1) is 24.2. The van der Waals surface area contributed by atoms with E-state index in [1.165, 1.54) is 25.7 Å². The lowest BCUT2D eigenvalue weighted by Crippen LogP contribution is -2.43. The van der Waals surface area contributed by atoms with Crippen LogP contribution in [0.4, 0.5) is 5.82 Å². The molecule has 2 saturated carbocycles. The van der Waals surface area contributed by atoms with Crippen LogP contribution in [0.15, 0.2) is 12.3 Å². The normalized spacial score (nSPS) is 33.0. The molecule has 0 unspecified atom stereocenters. The summed E-state index contributed by atoms with van der Waals surface area (Å²) in [5, 5.41) is 17.1. The minimum absolute atomic E-state index is 0.0745. The number of anilines is 1. The molecule has 0 amide bonds. The van der Waals surface area contributed by atoms with Crippen LogP contribution in [0, 0.1) is 5.41 Å². The standard InChI is InChI=1S/C27H41N7O2/c1-4-23-30-25(19-6-7-19)34(32-23)21-14-24(31-28-15-21)29-20-8-11-26(2,12-9-20)17-33-16-22(35-3)27(18-33)10-5-13-36-27/h14-15,19-20,22H,4-13,16-18H2,1-3H3,(H,29,31)/t20?,22-,26?,27+/m0/s1. The maximum Gasteiger partial charge on any atom is 0.151 e. The molecule has 196 valence electrons. The van der Waals surface area contributed by atoms with Gasteiger partial charge in [-0.05, 0) is 56.8 Å². The number of hydrogen-bond acceptors (Lipinski definition) is 8. The van der Waals surface area contributed by atoms with E-state index in [4.69, 9.17) is 19.6 Å². The number of hydrogen-bond donors (Lipinski definition) is 1. The molecular formula is C27H41N7O2. The van der Waals surface area contributed by atoms with Gasteiger partial charge in [0.15, 0.2) is 11.6 Å². The molecule has 4 fully saturated rings. The third kappa shape index (κ3) is 4.77. The van der Waals surface area contributed by atoms with Crippen molar-refractivity contribution in [2.24, 2.45) is 5.41 Å². The monoisotopic (exact) mass is 495 g/mol. The van der Waals surface area contributed by atoms with E-state index in [0.29, 0.717) is 17.4 Å². The van der Waals surface area contributed by atoms with Crippen molar-refractivity contribution < 1.29 is 9.47 Å². The van der Waals surface area contributed by atoms with Gasteiger partial charge < -0.3 is 14.8 Å². The summed E-state index contributed by atoms with van der Waals surface area (Å²) >= 11 is 0. The van der Waals surface area contributed by atoms with Gasteiger partial charge in [-0.3, -0.25) is 4.90 Å². The van der Waals surface area contributed by atoms with Gasteiger partial charge >= 0.3 is 0 Å². The van der Waals surface area contributed by atoms with Crippen molar-refractivity contribution in [2.45, 2.75) is 95.3 Å². The van der Waals surface area contributed by atoms with Gasteiger partial charge in [0.05, 0.1) is 18.0 Å². The number of likely N-dealkylation sites (tertiary alicyclic amines) is 1. The minimum Gasteiger partial charge on any atom is -0.377 e. The number of nitrogens with zero attached hydrogens (tertiary/aromatic N) is 6. The summed E-state index contributed by atoms with van der Waals surface area (Å²) in [6, 6.07) is 2.50. The number of ether oxygens (including phenoxy) is 2. The lowest BCUT2D eigenvalue weighted by Gasteiger charge is -2.40. The van der Waals surface area contributed by atoms with Gasteiger partial charge in [0, 0.05) is 57.8 Å². The van der Waals surface area contributed by atoms with E-state index in [2.05, 4.69) is 40.3 Å². The third-order valence-electron chi connectivity index (χ3n) is 8.89. The molecule has 2 aromatic rings. The van der Waals surface area contributed by atoms with Gasteiger partial charge in [0.2, 0.25) is 0 Å². The van der Waals surface area contributed by atoms with Gasteiger partial charge in [-0.25, -0.2) is 9.67 Å². The molecule has 2 aliphatic heterocycles. The first-order chi connectivity index (χ1) is 17.5. The molecule has 2 aliphatic carbocycles. The van der Waals surface area contributed by atoms with Gasteiger partial charge in [-0.1, -0.05) is 13.8 Å². The second-order valence-corrected chi connectivity index (χ2v) is 11.9. The van der Waals surface area contributed by atoms with Crippen LogP contribution in [0.2, 0.25) is 0 Å². The van der Waals surface area contributed by atoms with E-state index >= 15 is 0 Å². The summed E-state index contributed by atoms with van der Waals surface area (Å²) in [5.74, 6) is 3.33. The Morgan fingerprint density at radius 3 is 2.72 bits per heavy atom. The Bertz CT molecular complexity index is 1050. The van der Waals surface area contributed by atoms with Crippen LogP contribution in [0.3, 0.4) is 0 Å². The Labute approximate surface area is 214 Å². The predicted molar refractivity (Wildman–Crippen MR) is 137 cm³/mol. The van der Waals surface area contributed by atoms with Gasteiger partial charge in [0.25, 0.3) is 0 Å². The quantitative estimate of drug-likeness (QED) is 0.592. The highest BCUT2D eigenvalue weighted by Gasteiger charge is 2.51. The fourth-order valence-electron chi connectivity index (χ4n) is 6.68. The van der Waals surface area contributed by atoms with Crippen LogP contribution >= 0.6 is 0 Å². The Hall–Kier alpha value is -2.10. The average molecular weight is 496 g/mol. The molecule has 9 heteroatoms. The van der Waals surface area contributed by atoms with Crippen molar-refractivity contribution in [1.29, 1.82) is 0 Å². The van der Waals surface area contributed by atoms with Crippen LogP contribution in [0.25, 0.3) is 5.69 Å². The molecule has 2 atom stereocenters. The zero-order chi connectivity index (χ0) is 24.8. The maximum absolute atomic E-state index is 6.21. The van der Waals surface area contributed by atoms with Crippen molar-refractivity contribution in [3.63, 3.8) is 0 Å². The highest BCUT2D eigenvalue weighted by molar-refractivity contribution is 5.44. The second-order valence-electron chi connectivity index (χ2n) is 11.9. The molecule has 36 heavy (non-hydrogen) atoms. The highest BCUT2D eigenvalue weighted by Crippen LogP contribution is 2.42. The number of aromatic nitrogens is 5. The van der Waals surface area contributed by atoms with Crippen LogP contribution < -0.4 is 5.32 Å². The molecule has 1 spiro atoms. The molecule has 4 heterocycles. The Balaban J connectivity index is 1.06. The SMILES string of the molecule is CCc1nc(C2CC2)n(-c2cnnc(NC3CCC(C)(CN4C[C@H](OC)[C@@]5(CCCO5)C4)CC3)c2)n1. The topological polar surface area (TPSA) is 90.2 Å². The van der Waals surface area contributed by atoms with Crippen LogP contribution in [0.1, 0.15) is 82.8 Å². The summed E-state index contributed by atoms with van der Waals surface area (Å²) in [7, 11) is 1.84. The van der Waals surface area contributed by atoms with Crippen LogP contribution in [-0.2, 0) is 15.9 Å². The van der Waals surface area contributed by atoms with Crippen LogP contribution in [-0.4, -0.2) is 81.0 Å². The summed E-state index contributed by atoms with van der Waals surface area (Å²) in [4.78, 5) is 7.37. The van der Waals surface area contributed by atoms with E-state index in [1.54, 1.807) is 6.20 Å². The smallest absolute Gasteiger partial charge is 0.151 e. The number of nitrogens with one attached hydrogen (secondary N) is 1. The molecule has 2 saturated heterocycles. The number of aryl methyl sites for hydroxylation is 1. The van der Waals surface area contributed by atoms with E-state index in [1.807, 2.05) is 11.8 Å². The van der Waals surface area contributed by atoms with Crippen molar-refractivity contribution in [3.8, 4) is 5.69 Å². The highest BCUT2D eigenvalue weighted by atomic mass is 16.6. The lowest BCUT2D eigenvalue weighted by atomic mass is 9.73. The van der Waals surface area contributed by atoms with E-state index in [9.17, 15) is 0 Å². The third-order valence-corrected chi connectivity index (χ3v) is 8.89. The van der Waals surface area contributed by atoms with Gasteiger partial charge in [-0.15, -0.1) is 5.10 Å². The molecule has 0 bridgehead atoms. The summed E-state index contributed by atoms with van der Waals surface area (Å²) in [6.45, 7) is 8.56. The maximum atomic E-state index is 6.21. The Morgan fingerprint density at radius 1 is 1.19 bits per heavy atom. The largest absolute Gasteiger partial charge is 0.377 e. The van der Waals surface area contributed by atoms with Crippen molar-refractivity contribution in [3.05, 3.63) is 23.9 Å². The Kier molecular flexibility index (Phi) is 6.50. The molecule has 0 radical (unpaired) electrons. The number of rotatable bonds is 8. The first-order valence-electron chi connectivity index (χ1n) is 13.9. The lowest BCUT2D eigenvalue weighted by molar-refractivity contribution is -0.0758. The first-order valence-corrected chi connectivity index (χ1v) is 13.9. The van der Waals surface area contributed by atoms with Crippen molar-refractivity contribution >= 4 is 5.82 Å². The predicted octanol–water partition coefficient (Wildman–Crippen LogP) is 3.74. The summed E-state index contributed by atoms with van der Waals surface area (Å²) < 4.78 is 14.1. The Morgan fingerprint density at radius 2 is 2.03 bits per heavy atom. The molecule has 0 aromatic carbocycles. The fraction of sp³-hybridized carbons (Fsp3) is 0.778. The molecule has 4 aliphatic rings. The fourth-order valence-corrected chi connectivity index (χ4v) is 6.68. The summed E-state index contributed by atoms with van der Waals surface area (Å²) in [6.07, 6.45) is 12.2. The van der Waals surface area contributed by atoms with Gasteiger partial charge in [0.1, 0.15) is 11.4 Å². The van der Waals surface area contributed by atoms with E-state index in [-0.39, 0.29) is 11.7 Å².